The molecule has 5 N–H and O–H groups in total. The first-order valence-electron chi connectivity index (χ1n) is 17.2. The normalized spacial score (nSPS) is 14.2. The summed E-state index contributed by atoms with van der Waals surface area (Å²) in [5, 5.41) is 35.3. The van der Waals surface area contributed by atoms with Gasteiger partial charge in [-0.3, -0.25) is 20.0 Å². The molecule has 0 fully saturated rings. The minimum Gasteiger partial charge on any atom is -0.493 e. The number of benzene rings is 2. The third-order valence-corrected chi connectivity index (χ3v) is 8.61. The second kappa shape index (κ2) is 21.7. The van der Waals surface area contributed by atoms with Crippen LogP contribution in [0, 0.1) is 29.6 Å². The van der Waals surface area contributed by atoms with Crippen LogP contribution in [0.25, 0.3) is 0 Å². The lowest BCUT2D eigenvalue weighted by Crippen LogP contribution is -2.47. The average molecular weight is 690 g/mol. The minimum atomic E-state index is -1.01. The van der Waals surface area contributed by atoms with Crippen LogP contribution in [0.2, 0.25) is 0 Å². The highest BCUT2D eigenvalue weighted by Gasteiger charge is 2.32. The SMILES string of the molecule is COCCCOc1cc(CC(CC(NC(=O)c2cccc(CON(O)O)c2)C(O)CC(C(=O)NCC(C)C)C(C)C)C(C)C)ccc1OC. The van der Waals surface area contributed by atoms with Crippen molar-refractivity contribution in [2.24, 2.45) is 29.6 Å². The van der Waals surface area contributed by atoms with Crippen LogP contribution in [0.3, 0.4) is 0 Å². The fourth-order valence-corrected chi connectivity index (χ4v) is 5.61. The van der Waals surface area contributed by atoms with Gasteiger partial charge in [-0.05, 0) is 78.3 Å². The van der Waals surface area contributed by atoms with Gasteiger partial charge >= 0.3 is 0 Å². The molecule has 0 heterocycles. The summed E-state index contributed by atoms with van der Waals surface area (Å²) in [5.74, 6) is 0.798. The Hall–Kier alpha value is -3.26. The summed E-state index contributed by atoms with van der Waals surface area (Å²) >= 11 is 0. The second-order valence-electron chi connectivity index (χ2n) is 13.7. The van der Waals surface area contributed by atoms with E-state index >= 15 is 0 Å². The molecular weight excluding hydrogens is 630 g/mol. The molecule has 2 aromatic rings. The molecule has 0 aromatic heterocycles. The van der Waals surface area contributed by atoms with Gasteiger partial charge in [-0.15, -0.1) is 0 Å². The van der Waals surface area contributed by atoms with E-state index in [0.717, 1.165) is 12.0 Å². The van der Waals surface area contributed by atoms with Crippen LogP contribution in [0.1, 0.15) is 82.3 Å². The van der Waals surface area contributed by atoms with Crippen molar-refractivity contribution in [2.75, 3.05) is 34.0 Å². The zero-order chi connectivity index (χ0) is 36.5. The highest BCUT2D eigenvalue weighted by molar-refractivity contribution is 5.94. The molecule has 0 saturated heterocycles. The van der Waals surface area contributed by atoms with Crippen LogP contribution in [-0.2, 0) is 27.4 Å². The third kappa shape index (κ3) is 15.0. The molecule has 0 radical (unpaired) electrons. The van der Waals surface area contributed by atoms with E-state index in [2.05, 4.69) is 24.5 Å². The van der Waals surface area contributed by atoms with Gasteiger partial charge in [-0.25, -0.2) is 4.84 Å². The summed E-state index contributed by atoms with van der Waals surface area (Å²) in [6, 6.07) is 11.8. The molecule has 12 heteroatoms. The first kappa shape index (κ1) is 41.9. The lowest BCUT2D eigenvalue weighted by molar-refractivity contribution is -0.497. The second-order valence-corrected chi connectivity index (χ2v) is 13.7. The molecule has 4 unspecified atom stereocenters. The molecule has 0 bridgehead atoms. The van der Waals surface area contributed by atoms with Crippen molar-refractivity contribution in [3.63, 3.8) is 0 Å². The first-order chi connectivity index (χ1) is 23.2. The molecule has 4 atom stereocenters. The van der Waals surface area contributed by atoms with Crippen LogP contribution in [-0.4, -0.2) is 78.8 Å². The quantitative estimate of drug-likeness (QED) is 0.0754. The van der Waals surface area contributed by atoms with Crippen molar-refractivity contribution in [1.82, 2.24) is 16.0 Å². The molecule has 0 aliphatic carbocycles. The van der Waals surface area contributed by atoms with Crippen molar-refractivity contribution in [1.29, 1.82) is 0 Å². The third-order valence-electron chi connectivity index (χ3n) is 8.61. The summed E-state index contributed by atoms with van der Waals surface area (Å²) < 4.78 is 16.7. The molecule has 0 saturated carbocycles. The number of nitrogens with one attached hydrogen (secondary N) is 2. The number of nitrogens with zero attached hydrogens (tertiary/aromatic N) is 1. The van der Waals surface area contributed by atoms with Crippen LogP contribution >= 0.6 is 0 Å². The number of hydrogen-bond donors (Lipinski definition) is 5. The van der Waals surface area contributed by atoms with Crippen LogP contribution in [0.5, 0.6) is 11.5 Å². The number of aliphatic hydroxyl groups excluding tert-OH is 1. The fraction of sp³-hybridized carbons (Fsp3) is 0.622. The summed E-state index contributed by atoms with van der Waals surface area (Å²) in [5.41, 5.74) is 1.89. The van der Waals surface area contributed by atoms with E-state index in [4.69, 9.17) is 29.5 Å². The van der Waals surface area contributed by atoms with Gasteiger partial charge in [0, 0.05) is 38.2 Å². The molecule has 0 aliphatic heterocycles. The molecule has 49 heavy (non-hydrogen) atoms. The topological polar surface area (TPSA) is 159 Å². The Morgan fingerprint density at radius 3 is 2.22 bits per heavy atom. The lowest BCUT2D eigenvalue weighted by atomic mass is 9.80. The van der Waals surface area contributed by atoms with Gasteiger partial charge in [0.15, 0.2) is 11.5 Å². The van der Waals surface area contributed by atoms with Gasteiger partial charge < -0.3 is 30.0 Å². The number of methoxy groups -OCH3 is 2. The van der Waals surface area contributed by atoms with Gasteiger partial charge in [0.05, 0.1) is 37.9 Å². The fourth-order valence-electron chi connectivity index (χ4n) is 5.61. The largest absolute Gasteiger partial charge is 0.493 e. The van der Waals surface area contributed by atoms with Crippen molar-refractivity contribution in [3.8, 4) is 11.5 Å². The smallest absolute Gasteiger partial charge is 0.251 e. The summed E-state index contributed by atoms with van der Waals surface area (Å²) in [6.07, 6.45) is 1.01. The Labute approximate surface area is 291 Å². The first-order valence-corrected chi connectivity index (χ1v) is 17.2. The zero-order valence-electron chi connectivity index (χ0n) is 30.5. The Bertz CT molecular complexity index is 1270. The van der Waals surface area contributed by atoms with Gasteiger partial charge in [-0.1, -0.05) is 59.7 Å². The van der Waals surface area contributed by atoms with Crippen LogP contribution < -0.4 is 20.1 Å². The number of carbonyl (C=O) groups is 2. The predicted octanol–water partition coefficient (Wildman–Crippen LogP) is 5.42. The zero-order valence-corrected chi connectivity index (χ0v) is 30.5. The minimum absolute atomic E-state index is 0.0324. The lowest BCUT2D eigenvalue weighted by Gasteiger charge is -2.33. The van der Waals surface area contributed by atoms with Crippen molar-refractivity contribution in [3.05, 3.63) is 59.2 Å². The van der Waals surface area contributed by atoms with E-state index in [0.29, 0.717) is 55.2 Å². The summed E-state index contributed by atoms with van der Waals surface area (Å²) in [7, 11) is 3.26. The monoisotopic (exact) mass is 689 g/mol. The summed E-state index contributed by atoms with van der Waals surface area (Å²) in [6.45, 7) is 13.7. The van der Waals surface area contributed by atoms with Gasteiger partial charge in [-0.2, -0.15) is 0 Å². The van der Waals surface area contributed by atoms with E-state index in [-0.39, 0.29) is 48.0 Å². The maximum absolute atomic E-state index is 13.7. The molecule has 0 spiro atoms. The number of carbonyl (C=O) groups excluding carboxylic acids is 2. The maximum atomic E-state index is 13.7. The Morgan fingerprint density at radius 2 is 1.61 bits per heavy atom. The molecule has 12 nitrogen and oxygen atoms in total. The van der Waals surface area contributed by atoms with Crippen molar-refractivity contribution < 1.29 is 44.2 Å². The van der Waals surface area contributed by atoms with E-state index in [9.17, 15) is 14.7 Å². The number of amides is 2. The Balaban J connectivity index is 2.38. The van der Waals surface area contributed by atoms with Gasteiger partial charge in [0.2, 0.25) is 5.91 Å². The Kier molecular flexibility index (Phi) is 18.6. The van der Waals surface area contributed by atoms with Crippen molar-refractivity contribution in [2.45, 2.75) is 86.0 Å². The van der Waals surface area contributed by atoms with Crippen LogP contribution in [0.4, 0.5) is 0 Å². The van der Waals surface area contributed by atoms with E-state index in [1.54, 1.807) is 38.5 Å². The number of aliphatic hydroxyl groups is 1. The maximum Gasteiger partial charge on any atom is 0.251 e. The predicted molar refractivity (Wildman–Crippen MR) is 186 cm³/mol. The highest BCUT2D eigenvalue weighted by atomic mass is 17.1. The van der Waals surface area contributed by atoms with Gasteiger partial charge in [0.25, 0.3) is 5.91 Å². The summed E-state index contributed by atoms with van der Waals surface area (Å²) in [4.78, 5) is 31.6. The van der Waals surface area contributed by atoms with E-state index < -0.39 is 24.0 Å². The average Bonchev–Trinajstić information content (AvgIpc) is 3.06. The van der Waals surface area contributed by atoms with E-state index in [1.165, 1.54) is 0 Å². The standard InChI is InChI=1S/C37H59N3O9/c1-24(2)22-38-37(43)31(26(5)6)21-33(41)32(39-36(42)29-12-9-11-28(18-29)23-49-40(44)45)20-30(25(3)4)17-27-13-14-34(47-8)35(19-27)48-16-10-15-46-7/h9,11-14,18-19,24-26,30-33,41,44-45H,10,15-17,20-23H2,1-8H3,(H,38,43)(H,39,42). The number of rotatable bonds is 23. The molecule has 2 amide bonds. The number of hydrogen-bond acceptors (Lipinski definition) is 10. The van der Waals surface area contributed by atoms with Crippen LogP contribution in [0.15, 0.2) is 42.5 Å². The molecule has 276 valence electrons. The molecule has 2 rings (SSSR count). The highest BCUT2D eigenvalue weighted by Crippen LogP contribution is 2.32. The van der Waals surface area contributed by atoms with E-state index in [1.807, 2.05) is 45.9 Å². The number of ether oxygens (including phenoxy) is 3. The molecule has 0 aliphatic rings. The molecular formula is C37H59N3O9. The van der Waals surface area contributed by atoms with Crippen molar-refractivity contribution >= 4 is 11.8 Å². The molecule has 2 aromatic carbocycles. The van der Waals surface area contributed by atoms with Gasteiger partial charge in [0.1, 0.15) is 0 Å². The Morgan fingerprint density at radius 1 is 0.878 bits per heavy atom.